The Kier molecular flexibility index (Phi) is 3.06. The van der Waals surface area contributed by atoms with Gasteiger partial charge in [-0.1, -0.05) is 6.07 Å². The fourth-order valence-electron chi connectivity index (χ4n) is 1.79. The van der Waals surface area contributed by atoms with Crippen molar-refractivity contribution in [1.82, 2.24) is 4.98 Å². The summed E-state index contributed by atoms with van der Waals surface area (Å²) in [6.07, 6.45) is 3.30. The van der Waals surface area contributed by atoms with Crippen LogP contribution in [0.5, 0.6) is 0 Å². The van der Waals surface area contributed by atoms with E-state index in [9.17, 15) is 5.11 Å². The minimum Gasteiger partial charge on any atom is -0.472 e. The van der Waals surface area contributed by atoms with Crippen LogP contribution in [0.2, 0.25) is 0 Å². The van der Waals surface area contributed by atoms with E-state index in [-0.39, 0.29) is 0 Å². The maximum absolute atomic E-state index is 10.1. The van der Waals surface area contributed by atoms with Crippen LogP contribution in [0.3, 0.4) is 0 Å². The first-order valence-corrected chi connectivity index (χ1v) is 5.30. The van der Waals surface area contributed by atoms with Gasteiger partial charge in [0.1, 0.15) is 0 Å². The fourth-order valence-corrected chi connectivity index (χ4v) is 1.79. The lowest BCUT2D eigenvalue weighted by atomic mass is 10.0. The summed E-state index contributed by atoms with van der Waals surface area (Å²) in [7, 11) is 0. The van der Waals surface area contributed by atoms with Crippen LogP contribution in [0.1, 0.15) is 28.6 Å². The highest BCUT2D eigenvalue weighted by Gasteiger charge is 2.12. The molecular formula is C13H15NO2. The van der Waals surface area contributed by atoms with Gasteiger partial charge < -0.3 is 9.52 Å². The normalized spacial score (nSPS) is 12.7. The number of hydrogen-bond donors (Lipinski definition) is 1. The lowest BCUT2D eigenvalue weighted by molar-refractivity contribution is 0.177. The molecule has 0 radical (unpaired) electrons. The van der Waals surface area contributed by atoms with Crippen LogP contribution in [0.15, 0.2) is 35.1 Å². The molecule has 3 nitrogen and oxygen atoms in total. The smallest absolute Gasteiger partial charge is 0.0935 e. The lowest BCUT2D eigenvalue weighted by Gasteiger charge is -2.12. The molecule has 0 bridgehead atoms. The largest absolute Gasteiger partial charge is 0.472 e. The van der Waals surface area contributed by atoms with Gasteiger partial charge in [-0.2, -0.15) is 0 Å². The first-order valence-electron chi connectivity index (χ1n) is 5.30. The van der Waals surface area contributed by atoms with Gasteiger partial charge in [0.15, 0.2) is 0 Å². The van der Waals surface area contributed by atoms with Crippen LogP contribution >= 0.6 is 0 Å². The molecular weight excluding hydrogens is 202 g/mol. The minimum absolute atomic E-state index is 0.523. The number of aliphatic hydroxyl groups is 1. The van der Waals surface area contributed by atoms with Gasteiger partial charge in [-0.3, -0.25) is 4.98 Å². The molecule has 0 saturated carbocycles. The summed E-state index contributed by atoms with van der Waals surface area (Å²) in [4.78, 5) is 4.34. The summed E-state index contributed by atoms with van der Waals surface area (Å²) in [5.74, 6) is 0. The number of nitrogens with zero attached hydrogens (tertiary/aromatic N) is 1. The molecule has 1 N–H and O–H groups in total. The van der Waals surface area contributed by atoms with E-state index in [1.165, 1.54) is 0 Å². The van der Waals surface area contributed by atoms with Gasteiger partial charge >= 0.3 is 0 Å². The maximum Gasteiger partial charge on any atom is 0.0935 e. The molecule has 3 heteroatoms. The molecule has 0 fully saturated rings. The van der Waals surface area contributed by atoms with Gasteiger partial charge in [0.05, 0.1) is 18.6 Å². The first kappa shape index (κ1) is 10.9. The summed E-state index contributed by atoms with van der Waals surface area (Å²) < 4.78 is 4.97. The van der Waals surface area contributed by atoms with Gasteiger partial charge in [0, 0.05) is 23.4 Å². The lowest BCUT2D eigenvalue weighted by Crippen LogP contribution is -2.05. The molecule has 0 amide bonds. The van der Waals surface area contributed by atoms with Crippen molar-refractivity contribution in [2.24, 2.45) is 0 Å². The van der Waals surface area contributed by atoms with E-state index in [2.05, 4.69) is 4.98 Å². The van der Waals surface area contributed by atoms with E-state index < -0.39 is 6.10 Å². The number of aryl methyl sites for hydroxylation is 2. The quantitative estimate of drug-likeness (QED) is 0.859. The summed E-state index contributed by atoms with van der Waals surface area (Å²) >= 11 is 0. The monoisotopic (exact) mass is 217 g/mol. The molecule has 0 aliphatic carbocycles. The first-order chi connectivity index (χ1) is 7.66. The van der Waals surface area contributed by atoms with Crippen LogP contribution in [0.4, 0.5) is 0 Å². The van der Waals surface area contributed by atoms with Crippen LogP contribution in [-0.4, -0.2) is 10.1 Å². The topological polar surface area (TPSA) is 46.3 Å². The van der Waals surface area contributed by atoms with Gasteiger partial charge in [0.2, 0.25) is 0 Å². The highest BCUT2D eigenvalue weighted by molar-refractivity contribution is 5.25. The molecule has 2 aromatic rings. The minimum atomic E-state index is -0.523. The van der Waals surface area contributed by atoms with Crippen molar-refractivity contribution < 1.29 is 9.52 Å². The Bertz CT molecular complexity index is 463. The van der Waals surface area contributed by atoms with Crippen molar-refractivity contribution in [1.29, 1.82) is 0 Å². The average molecular weight is 217 g/mol. The Balaban J connectivity index is 2.17. The van der Waals surface area contributed by atoms with E-state index >= 15 is 0 Å². The second-order valence-corrected chi connectivity index (χ2v) is 3.98. The molecule has 0 spiro atoms. The Labute approximate surface area is 94.8 Å². The Morgan fingerprint density at radius 3 is 2.75 bits per heavy atom. The standard InChI is InChI=1S/C13H15NO2/c1-9-3-4-12(10(2)14-9)13(15)7-11-5-6-16-8-11/h3-6,8,13,15H,7H2,1-2H3. The highest BCUT2D eigenvalue weighted by Crippen LogP contribution is 2.20. The van der Waals surface area contributed by atoms with Crippen molar-refractivity contribution in [2.45, 2.75) is 26.4 Å². The van der Waals surface area contributed by atoms with E-state index in [1.54, 1.807) is 12.5 Å². The van der Waals surface area contributed by atoms with Crippen molar-refractivity contribution in [3.8, 4) is 0 Å². The number of rotatable bonds is 3. The zero-order valence-corrected chi connectivity index (χ0v) is 9.47. The SMILES string of the molecule is Cc1ccc(C(O)Cc2ccoc2)c(C)n1. The molecule has 84 valence electrons. The predicted molar refractivity (Wildman–Crippen MR) is 61.1 cm³/mol. The van der Waals surface area contributed by atoms with Gasteiger partial charge in [-0.05, 0) is 31.5 Å². The molecule has 0 aliphatic rings. The molecule has 0 aliphatic heterocycles. The number of aliphatic hydroxyl groups excluding tert-OH is 1. The van der Waals surface area contributed by atoms with E-state index in [4.69, 9.17) is 4.42 Å². The van der Waals surface area contributed by atoms with E-state index in [1.807, 2.05) is 32.0 Å². The van der Waals surface area contributed by atoms with Crippen LogP contribution in [0.25, 0.3) is 0 Å². The van der Waals surface area contributed by atoms with Crippen molar-refractivity contribution >= 4 is 0 Å². The number of furan rings is 1. The van der Waals surface area contributed by atoms with Gasteiger partial charge in [-0.25, -0.2) is 0 Å². The second-order valence-electron chi connectivity index (χ2n) is 3.98. The van der Waals surface area contributed by atoms with Crippen molar-refractivity contribution in [2.75, 3.05) is 0 Å². The number of hydrogen-bond acceptors (Lipinski definition) is 3. The summed E-state index contributed by atoms with van der Waals surface area (Å²) in [5, 5.41) is 10.1. The highest BCUT2D eigenvalue weighted by atomic mass is 16.3. The zero-order chi connectivity index (χ0) is 11.5. The van der Waals surface area contributed by atoms with Gasteiger partial charge in [-0.15, -0.1) is 0 Å². The molecule has 0 saturated heterocycles. The predicted octanol–water partition coefficient (Wildman–Crippen LogP) is 2.57. The number of pyridine rings is 1. The summed E-state index contributed by atoms with van der Waals surface area (Å²) in [5.41, 5.74) is 3.73. The third-order valence-electron chi connectivity index (χ3n) is 2.63. The molecule has 0 aromatic carbocycles. The molecule has 2 heterocycles. The van der Waals surface area contributed by atoms with Crippen molar-refractivity contribution in [3.05, 3.63) is 53.2 Å². The Hall–Kier alpha value is -1.61. The Morgan fingerprint density at radius 2 is 2.12 bits per heavy atom. The molecule has 1 atom stereocenters. The molecule has 16 heavy (non-hydrogen) atoms. The van der Waals surface area contributed by atoms with Crippen LogP contribution < -0.4 is 0 Å². The summed E-state index contributed by atoms with van der Waals surface area (Å²) in [6.45, 7) is 3.86. The van der Waals surface area contributed by atoms with E-state index in [0.29, 0.717) is 6.42 Å². The average Bonchev–Trinajstić information content (AvgIpc) is 2.70. The fraction of sp³-hybridized carbons (Fsp3) is 0.308. The van der Waals surface area contributed by atoms with E-state index in [0.717, 1.165) is 22.5 Å². The number of aromatic nitrogens is 1. The third kappa shape index (κ3) is 2.31. The van der Waals surface area contributed by atoms with Gasteiger partial charge in [0.25, 0.3) is 0 Å². The van der Waals surface area contributed by atoms with Crippen molar-refractivity contribution in [3.63, 3.8) is 0 Å². The zero-order valence-electron chi connectivity index (χ0n) is 9.47. The van der Waals surface area contributed by atoms with Crippen LogP contribution in [0, 0.1) is 13.8 Å². The second kappa shape index (κ2) is 4.49. The molecule has 1 unspecified atom stereocenters. The summed E-state index contributed by atoms with van der Waals surface area (Å²) in [6, 6.07) is 5.71. The van der Waals surface area contributed by atoms with Crippen LogP contribution in [-0.2, 0) is 6.42 Å². The molecule has 2 aromatic heterocycles. The molecule has 2 rings (SSSR count). The Morgan fingerprint density at radius 1 is 1.31 bits per heavy atom. The third-order valence-corrected chi connectivity index (χ3v) is 2.63. The maximum atomic E-state index is 10.1.